The lowest BCUT2D eigenvalue weighted by Gasteiger charge is -2.58. The van der Waals surface area contributed by atoms with E-state index < -0.39 is 36.5 Å². The van der Waals surface area contributed by atoms with Gasteiger partial charge in [0.1, 0.15) is 12.7 Å². The van der Waals surface area contributed by atoms with E-state index in [0.29, 0.717) is 36.9 Å². The lowest BCUT2D eigenvalue weighted by molar-refractivity contribution is -0.281. The Labute approximate surface area is 320 Å². The first kappa shape index (κ1) is 42.6. The normalized spacial score (nSPS) is 38.7. The zero-order chi connectivity index (χ0) is 38.5. The summed E-state index contributed by atoms with van der Waals surface area (Å²) in [6.07, 6.45) is 13.7. The average Bonchev–Trinajstić information content (AvgIpc) is 3.49. The highest BCUT2D eigenvalue weighted by Crippen LogP contribution is 2.67. The van der Waals surface area contributed by atoms with Gasteiger partial charge < -0.3 is 39.4 Å². The number of allylic oxidation sites excluding steroid dienone is 1. The van der Waals surface area contributed by atoms with Gasteiger partial charge in [-0.15, -0.1) is 0 Å². The summed E-state index contributed by atoms with van der Waals surface area (Å²) >= 11 is 0. The second-order valence-electron chi connectivity index (χ2n) is 18.6. The van der Waals surface area contributed by atoms with Crippen LogP contribution in [0.4, 0.5) is 0 Å². The van der Waals surface area contributed by atoms with Crippen LogP contribution in [0.15, 0.2) is 11.6 Å². The zero-order valence-corrected chi connectivity index (χ0v) is 34.3. The molecule has 0 aromatic heterocycles. The van der Waals surface area contributed by atoms with Crippen molar-refractivity contribution in [2.75, 3.05) is 47.0 Å². The Hall–Kier alpha value is -1.56. The Balaban J connectivity index is 0.988. The third kappa shape index (κ3) is 9.70. The van der Waals surface area contributed by atoms with E-state index in [-0.39, 0.29) is 25.2 Å². The molecule has 4 aliphatic carbocycles. The molecule has 53 heavy (non-hydrogen) atoms. The molecule has 13 atom stereocenters. The smallest absolute Gasteiger partial charge is 0.320 e. The third-order valence-electron chi connectivity index (χ3n) is 15.0. The Morgan fingerprint density at radius 2 is 1.83 bits per heavy atom. The van der Waals surface area contributed by atoms with Gasteiger partial charge in [0.2, 0.25) is 5.91 Å². The third-order valence-corrected chi connectivity index (χ3v) is 15.0. The predicted octanol–water partition coefficient (Wildman–Crippen LogP) is 6.12. The highest BCUT2D eigenvalue weighted by Gasteiger charge is 2.59. The van der Waals surface area contributed by atoms with Gasteiger partial charge in [-0.2, -0.15) is 0 Å². The molecule has 0 bridgehead atoms. The fourth-order valence-electron chi connectivity index (χ4n) is 11.5. The minimum absolute atomic E-state index is 0.0125. The van der Waals surface area contributed by atoms with Gasteiger partial charge in [-0.05, 0) is 97.7 Å². The molecule has 10 heteroatoms. The van der Waals surface area contributed by atoms with Crippen molar-refractivity contribution in [1.82, 2.24) is 10.2 Å². The number of fused-ring (bicyclic) bond motifs is 5. The largest absolute Gasteiger partial charge is 0.462 e. The molecule has 0 aromatic rings. The molecule has 10 nitrogen and oxygen atoms in total. The van der Waals surface area contributed by atoms with Crippen LogP contribution >= 0.6 is 0 Å². The number of nitrogens with one attached hydrogen (secondary N) is 1. The van der Waals surface area contributed by atoms with Crippen LogP contribution in [0.25, 0.3) is 0 Å². The summed E-state index contributed by atoms with van der Waals surface area (Å²) in [6.45, 7) is 15.5. The maximum Gasteiger partial charge on any atom is 0.320 e. The molecule has 3 saturated carbocycles. The number of amides is 1. The van der Waals surface area contributed by atoms with Gasteiger partial charge in [-0.1, -0.05) is 72.5 Å². The molecule has 304 valence electrons. The number of nitrogens with zero attached hydrogens (tertiary/aromatic N) is 1. The van der Waals surface area contributed by atoms with E-state index in [4.69, 9.17) is 18.9 Å². The van der Waals surface area contributed by atoms with Crippen molar-refractivity contribution in [1.29, 1.82) is 0 Å². The Morgan fingerprint density at radius 3 is 2.57 bits per heavy atom. The van der Waals surface area contributed by atoms with E-state index >= 15 is 0 Å². The van der Waals surface area contributed by atoms with E-state index in [1.54, 1.807) is 24.4 Å². The number of ether oxygens (including phenoxy) is 4. The molecule has 0 spiro atoms. The van der Waals surface area contributed by atoms with Gasteiger partial charge in [-0.25, -0.2) is 0 Å². The fourth-order valence-corrected chi connectivity index (χ4v) is 11.5. The van der Waals surface area contributed by atoms with Crippen LogP contribution in [0.2, 0.25) is 0 Å². The van der Waals surface area contributed by atoms with E-state index in [1.807, 2.05) is 0 Å². The maximum atomic E-state index is 12.9. The number of carbonyl (C=O) groups excluding carboxylic acids is 2. The molecule has 5 rings (SSSR count). The van der Waals surface area contributed by atoms with E-state index in [2.05, 4.69) is 46.0 Å². The summed E-state index contributed by atoms with van der Waals surface area (Å²) in [5.74, 6) is 4.18. The number of carbonyl (C=O) groups is 2. The SMILES string of the molecule is COC1OC(COC(=O)CNCCN(C)C(=O)CCOC2CC[C@@]3(C)C(=CC[C@H]4[C@@H]5CC[C@H]([C@H](C)CCCC(C)C)[C@@]5(C)CC[C@@H]43)C2)[C@H](C)[C@@H](O)[C@@H]1O. The number of likely N-dealkylation sites (N-methyl/N-ethyl adjacent to an activating group) is 1. The molecular weight excluding hydrogens is 672 g/mol. The highest BCUT2D eigenvalue weighted by atomic mass is 16.7. The van der Waals surface area contributed by atoms with Crippen LogP contribution in [0, 0.1) is 52.3 Å². The van der Waals surface area contributed by atoms with Crippen molar-refractivity contribution in [3.05, 3.63) is 11.6 Å². The maximum absolute atomic E-state index is 12.9. The minimum atomic E-state index is -1.16. The zero-order valence-electron chi connectivity index (χ0n) is 34.3. The second kappa shape index (κ2) is 18.6. The van der Waals surface area contributed by atoms with Crippen molar-refractivity contribution < 1.29 is 38.7 Å². The number of methoxy groups -OCH3 is 1. The fraction of sp³-hybridized carbons (Fsp3) is 0.907. The molecule has 4 fully saturated rings. The lowest BCUT2D eigenvalue weighted by Crippen LogP contribution is -2.55. The molecule has 3 N–H and O–H groups in total. The first-order valence-corrected chi connectivity index (χ1v) is 21.1. The first-order valence-electron chi connectivity index (χ1n) is 21.1. The molecule has 3 unspecified atom stereocenters. The number of esters is 1. The molecule has 0 radical (unpaired) electrons. The summed E-state index contributed by atoms with van der Waals surface area (Å²) in [6, 6.07) is 0. The number of hydrogen-bond acceptors (Lipinski definition) is 9. The molecule has 5 aliphatic rings. The minimum Gasteiger partial charge on any atom is -0.462 e. The van der Waals surface area contributed by atoms with Crippen molar-refractivity contribution in [2.45, 2.75) is 149 Å². The molecule has 0 aromatic carbocycles. The van der Waals surface area contributed by atoms with Gasteiger partial charge >= 0.3 is 5.97 Å². The highest BCUT2D eigenvalue weighted by molar-refractivity contribution is 5.76. The molecule has 1 aliphatic heterocycles. The van der Waals surface area contributed by atoms with Crippen molar-refractivity contribution in [3.8, 4) is 0 Å². The van der Waals surface area contributed by atoms with Crippen LogP contribution in [0.5, 0.6) is 0 Å². The van der Waals surface area contributed by atoms with Crippen molar-refractivity contribution in [2.24, 2.45) is 52.3 Å². The van der Waals surface area contributed by atoms with Crippen LogP contribution < -0.4 is 5.32 Å². The topological polar surface area (TPSA) is 127 Å². The van der Waals surface area contributed by atoms with Crippen LogP contribution in [-0.4, -0.2) is 105 Å². The summed E-state index contributed by atoms with van der Waals surface area (Å²) in [4.78, 5) is 26.8. The molecule has 1 heterocycles. The first-order chi connectivity index (χ1) is 25.2. The van der Waals surface area contributed by atoms with Crippen LogP contribution in [-0.2, 0) is 28.5 Å². The summed E-state index contributed by atoms with van der Waals surface area (Å²) < 4.78 is 22.4. The quantitative estimate of drug-likeness (QED) is 0.0917. The molecule has 1 saturated heterocycles. The number of aliphatic hydroxyl groups excluding tert-OH is 2. The molecule has 1 amide bonds. The Bertz CT molecular complexity index is 1240. The Morgan fingerprint density at radius 1 is 1.06 bits per heavy atom. The van der Waals surface area contributed by atoms with Gasteiger partial charge in [0, 0.05) is 33.2 Å². The summed E-state index contributed by atoms with van der Waals surface area (Å²) in [7, 11) is 3.16. The standard InChI is InChI=1S/C43H74N2O8/c1-27(2)10-9-11-28(3)33-14-15-34-32-13-12-30-24-31(16-19-42(30,5)35(32)17-20-43(33,34)6)51-23-18-37(46)45(7)22-21-44-25-38(47)52-26-36-29(4)39(48)40(49)41(50-8)53-36/h12,27-29,31-36,39-41,44,48-49H,9-11,13-26H2,1-8H3/t28-,29+,31?,32+,33-,34+,35+,36?,39-,40+,41?,42+,43-/m1/s1. The van der Waals surface area contributed by atoms with E-state index in [0.717, 1.165) is 48.3 Å². The number of rotatable bonds is 17. The number of aliphatic hydroxyl groups is 2. The summed E-state index contributed by atoms with van der Waals surface area (Å²) in [5, 5.41) is 23.3. The Kier molecular flexibility index (Phi) is 14.9. The van der Waals surface area contributed by atoms with Crippen molar-refractivity contribution >= 4 is 11.9 Å². The predicted molar refractivity (Wildman–Crippen MR) is 206 cm³/mol. The average molecular weight is 747 g/mol. The monoisotopic (exact) mass is 747 g/mol. The van der Waals surface area contributed by atoms with Crippen LogP contribution in [0.3, 0.4) is 0 Å². The van der Waals surface area contributed by atoms with Gasteiger partial charge in [0.25, 0.3) is 0 Å². The van der Waals surface area contributed by atoms with E-state index in [1.165, 1.54) is 64.9 Å². The number of hydrogen-bond donors (Lipinski definition) is 3. The summed E-state index contributed by atoms with van der Waals surface area (Å²) in [5.41, 5.74) is 2.43. The van der Waals surface area contributed by atoms with Gasteiger partial charge in [0.05, 0.1) is 37.9 Å². The van der Waals surface area contributed by atoms with Gasteiger partial charge in [-0.3, -0.25) is 9.59 Å². The van der Waals surface area contributed by atoms with E-state index in [9.17, 15) is 19.8 Å². The van der Waals surface area contributed by atoms with Gasteiger partial charge in [0.15, 0.2) is 6.29 Å². The van der Waals surface area contributed by atoms with Crippen molar-refractivity contribution in [3.63, 3.8) is 0 Å². The lowest BCUT2D eigenvalue weighted by atomic mass is 9.47. The van der Waals surface area contributed by atoms with Crippen LogP contribution in [0.1, 0.15) is 119 Å². The second-order valence-corrected chi connectivity index (χ2v) is 18.6. The molecular formula is C43H74N2O8.